The number of pyridine rings is 1. The SMILES string of the molecule is C=CC[C@@H](N)c1ccncc1Cl. The summed E-state index contributed by atoms with van der Waals surface area (Å²) in [6, 6.07) is 1.76. The van der Waals surface area contributed by atoms with Crippen LogP contribution in [0.5, 0.6) is 0 Å². The van der Waals surface area contributed by atoms with E-state index in [4.69, 9.17) is 17.3 Å². The molecule has 0 saturated carbocycles. The second kappa shape index (κ2) is 4.24. The van der Waals surface area contributed by atoms with Gasteiger partial charge in [0.25, 0.3) is 0 Å². The first kappa shape index (κ1) is 9.23. The van der Waals surface area contributed by atoms with Crippen LogP contribution in [0.25, 0.3) is 0 Å². The van der Waals surface area contributed by atoms with E-state index in [0.717, 1.165) is 12.0 Å². The Morgan fingerprint density at radius 2 is 2.50 bits per heavy atom. The Morgan fingerprint density at radius 1 is 1.75 bits per heavy atom. The molecule has 0 radical (unpaired) electrons. The Hall–Kier alpha value is -0.860. The molecule has 64 valence electrons. The van der Waals surface area contributed by atoms with Crippen molar-refractivity contribution in [1.82, 2.24) is 4.98 Å². The zero-order valence-electron chi connectivity index (χ0n) is 6.70. The normalized spacial score (nSPS) is 12.5. The average Bonchev–Trinajstić information content (AvgIpc) is 2.05. The lowest BCUT2D eigenvalue weighted by Gasteiger charge is -2.09. The van der Waals surface area contributed by atoms with Crippen LogP contribution in [0.2, 0.25) is 5.02 Å². The summed E-state index contributed by atoms with van der Waals surface area (Å²) in [5, 5.41) is 0.617. The lowest BCUT2D eigenvalue weighted by molar-refractivity contribution is 0.740. The molecule has 0 aliphatic rings. The Kier molecular flexibility index (Phi) is 3.26. The van der Waals surface area contributed by atoms with Crippen molar-refractivity contribution in [2.75, 3.05) is 0 Å². The van der Waals surface area contributed by atoms with Crippen LogP contribution in [0.4, 0.5) is 0 Å². The van der Waals surface area contributed by atoms with Gasteiger partial charge in [-0.15, -0.1) is 6.58 Å². The van der Waals surface area contributed by atoms with E-state index in [2.05, 4.69) is 11.6 Å². The molecule has 12 heavy (non-hydrogen) atoms. The first-order chi connectivity index (χ1) is 5.75. The van der Waals surface area contributed by atoms with E-state index in [1.54, 1.807) is 18.5 Å². The molecule has 0 saturated heterocycles. The maximum Gasteiger partial charge on any atom is 0.0637 e. The lowest BCUT2D eigenvalue weighted by atomic mass is 10.1. The molecule has 0 unspecified atom stereocenters. The van der Waals surface area contributed by atoms with Crippen molar-refractivity contribution in [3.8, 4) is 0 Å². The van der Waals surface area contributed by atoms with Gasteiger partial charge in [0.05, 0.1) is 5.02 Å². The Bertz CT molecular complexity index is 273. The molecule has 1 rings (SSSR count). The minimum atomic E-state index is -0.0713. The highest BCUT2D eigenvalue weighted by Crippen LogP contribution is 2.21. The van der Waals surface area contributed by atoms with Crippen molar-refractivity contribution in [3.05, 3.63) is 41.7 Å². The molecule has 2 N–H and O–H groups in total. The fourth-order valence-electron chi connectivity index (χ4n) is 0.993. The number of rotatable bonds is 3. The summed E-state index contributed by atoms with van der Waals surface area (Å²) >= 11 is 5.88. The Balaban J connectivity index is 2.86. The van der Waals surface area contributed by atoms with E-state index in [9.17, 15) is 0 Å². The van der Waals surface area contributed by atoms with E-state index >= 15 is 0 Å². The molecule has 0 aliphatic heterocycles. The third kappa shape index (κ3) is 2.06. The van der Waals surface area contributed by atoms with Crippen LogP contribution in [0.3, 0.4) is 0 Å². The zero-order chi connectivity index (χ0) is 8.97. The second-order valence-corrected chi connectivity index (χ2v) is 2.94. The van der Waals surface area contributed by atoms with Crippen molar-refractivity contribution < 1.29 is 0 Å². The van der Waals surface area contributed by atoms with Gasteiger partial charge in [-0.3, -0.25) is 4.98 Å². The third-order valence-electron chi connectivity index (χ3n) is 1.62. The Labute approximate surface area is 77.1 Å². The minimum Gasteiger partial charge on any atom is -0.324 e. The summed E-state index contributed by atoms with van der Waals surface area (Å²) in [7, 11) is 0. The summed E-state index contributed by atoms with van der Waals surface area (Å²) in [5.74, 6) is 0. The highest BCUT2D eigenvalue weighted by Gasteiger charge is 2.07. The van der Waals surface area contributed by atoms with Gasteiger partial charge < -0.3 is 5.73 Å². The molecule has 0 aromatic carbocycles. The quantitative estimate of drug-likeness (QED) is 0.729. The fourth-order valence-corrected chi connectivity index (χ4v) is 1.25. The van der Waals surface area contributed by atoms with E-state index < -0.39 is 0 Å². The molecule has 0 bridgehead atoms. The molecule has 1 aromatic heterocycles. The largest absolute Gasteiger partial charge is 0.324 e. The van der Waals surface area contributed by atoms with Gasteiger partial charge in [-0.2, -0.15) is 0 Å². The van der Waals surface area contributed by atoms with Gasteiger partial charge in [0.15, 0.2) is 0 Å². The third-order valence-corrected chi connectivity index (χ3v) is 1.94. The summed E-state index contributed by atoms with van der Waals surface area (Å²) < 4.78 is 0. The van der Waals surface area contributed by atoms with Crippen LogP contribution in [-0.2, 0) is 0 Å². The molecule has 1 aromatic rings. The minimum absolute atomic E-state index is 0.0713. The van der Waals surface area contributed by atoms with Crippen molar-refractivity contribution in [2.45, 2.75) is 12.5 Å². The number of hydrogen-bond donors (Lipinski definition) is 1. The summed E-state index contributed by atoms with van der Waals surface area (Å²) in [6.07, 6.45) is 5.79. The van der Waals surface area contributed by atoms with Gasteiger partial charge in [-0.05, 0) is 18.1 Å². The van der Waals surface area contributed by atoms with Gasteiger partial charge >= 0.3 is 0 Å². The van der Waals surface area contributed by atoms with E-state index in [-0.39, 0.29) is 6.04 Å². The molecule has 1 heterocycles. The fraction of sp³-hybridized carbons (Fsp3) is 0.222. The maximum absolute atomic E-state index is 5.88. The first-order valence-electron chi connectivity index (χ1n) is 3.71. The van der Waals surface area contributed by atoms with Crippen LogP contribution >= 0.6 is 11.6 Å². The molecule has 3 heteroatoms. The molecule has 0 spiro atoms. The number of hydrogen-bond acceptors (Lipinski definition) is 2. The molecular weight excluding hydrogens is 172 g/mol. The van der Waals surface area contributed by atoms with Gasteiger partial charge in [-0.1, -0.05) is 17.7 Å². The van der Waals surface area contributed by atoms with Gasteiger partial charge in [0.2, 0.25) is 0 Å². The summed E-state index contributed by atoms with van der Waals surface area (Å²) in [5.41, 5.74) is 6.75. The van der Waals surface area contributed by atoms with Crippen molar-refractivity contribution in [2.24, 2.45) is 5.73 Å². The molecule has 1 atom stereocenters. The van der Waals surface area contributed by atoms with Crippen LogP contribution < -0.4 is 5.73 Å². The van der Waals surface area contributed by atoms with Crippen LogP contribution in [0.1, 0.15) is 18.0 Å². The van der Waals surface area contributed by atoms with Gasteiger partial charge in [0, 0.05) is 18.4 Å². The predicted octanol–water partition coefficient (Wildman–Crippen LogP) is 2.31. The van der Waals surface area contributed by atoms with Gasteiger partial charge in [-0.25, -0.2) is 0 Å². The summed E-state index contributed by atoms with van der Waals surface area (Å²) in [4.78, 5) is 3.87. The maximum atomic E-state index is 5.88. The van der Waals surface area contributed by atoms with Gasteiger partial charge in [0.1, 0.15) is 0 Å². The number of nitrogens with two attached hydrogens (primary N) is 1. The van der Waals surface area contributed by atoms with Crippen LogP contribution in [-0.4, -0.2) is 4.98 Å². The average molecular weight is 183 g/mol. The number of aromatic nitrogens is 1. The molecule has 2 nitrogen and oxygen atoms in total. The second-order valence-electron chi connectivity index (χ2n) is 2.53. The molecular formula is C9H11ClN2. The first-order valence-corrected chi connectivity index (χ1v) is 4.09. The van der Waals surface area contributed by atoms with E-state index in [0.29, 0.717) is 5.02 Å². The topological polar surface area (TPSA) is 38.9 Å². The number of nitrogens with zero attached hydrogens (tertiary/aromatic N) is 1. The predicted molar refractivity (Wildman–Crippen MR) is 51.0 cm³/mol. The molecule has 0 aliphatic carbocycles. The van der Waals surface area contributed by atoms with E-state index in [1.807, 2.05) is 6.07 Å². The number of halogens is 1. The molecule has 0 amide bonds. The highest BCUT2D eigenvalue weighted by molar-refractivity contribution is 6.31. The zero-order valence-corrected chi connectivity index (χ0v) is 7.46. The van der Waals surface area contributed by atoms with Crippen molar-refractivity contribution >= 4 is 11.6 Å². The van der Waals surface area contributed by atoms with E-state index in [1.165, 1.54) is 0 Å². The van der Waals surface area contributed by atoms with Crippen LogP contribution in [0.15, 0.2) is 31.1 Å². The summed E-state index contributed by atoms with van der Waals surface area (Å²) in [6.45, 7) is 3.62. The molecule has 0 fully saturated rings. The van der Waals surface area contributed by atoms with Crippen molar-refractivity contribution in [3.63, 3.8) is 0 Å². The standard InChI is InChI=1S/C9H11ClN2/c1-2-3-9(11)7-4-5-12-6-8(7)10/h2,4-6,9H,1,3,11H2/t9-/m1/s1. The highest BCUT2D eigenvalue weighted by atomic mass is 35.5. The van der Waals surface area contributed by atoms with Crippen molar-refractivity contribution in [1.29, 1.82) is 0 Å². The lowest BCUT2D eigenvalue weighted by Crippen LogP contribution is -2.09. The smallest absolute Gasteiger partial charge is 0.0637 e. The van der Waals surface area contributed by atoms with Crippen LogP contribution in [0, 0.1) is 0 Å². The Morgan fingerprint density at radius 3 is 3.08 bits per heavy atom. The monoisotopic (exact) mass is 182 g/mol.